The van der Waals surface area contributed by atoms with Crippen LogP contribution in [0.25, 0.3) is 0 Å². The standard InChI is InChI=1S/C28H27NO6S/c1-18-8-12-20(13-9-18)24-17-16-23(27(30)31)26(21-14-10-19(2)11-15-21)29(24)36(33,34)25-7-5-4-6-22(25)28(32)35-3/h4-16,24,26H,17H2,1-3H3,(H,30,31)/t24-,26-/m0/s1. The largest absolute Gasteiger partial charge is 0.478 e. The van der Waals surface area contributed by atoms with Gasteiger partial charge < -0.3 is 9.84 Å². The van der Waals surface area contributed by atoms with Crippen molar-refractivity contribution in [3.05, 3.63) is 112 Å². The van der Waals surface area contributed by atoms with Gasteiger partial charge in [-0.05, 0) is 43.5 Å². The fraction of sp³-hybridized carbons (Fsp3) is 0.214. The van der Waals surface area contributed by atoms with Gasteiger partial charge in [-0.3, -0.25) is 0 Å². The lowest BCUT2D eigenvalue weighted by molar-refractivity contribution is -0.133. The topological polar surface area (TPSA) is 101 Å². The monoisotopic (exact) mass is 505 g/mol. The van der Waals surface area contributed by atoms with E-state index < -0.39 is 34.0 Å². The summed E-state index contributed by atoms with van der Waals surface area (Å²) in [6.07, 6.45) is 1.75. The smallest absolute Gasteiger partial charge is 0.339 e. The second-order valence-corrected chi connectivity index (χ2v) is 10.6. The Morgan fingerprint density at radius 1 is 0.889 bits per heavy atom. The van der Waals surface area contributed by atoms with Crippen molar-refractivity contribution in [1.29, 1.82) is 0 Å². The Kier molecular flexibility index (Phi) is 7.10. The van der Waals surface area contributed by atoms with E-state index in [-0.39, 0.29) is 22.5 Å². The number of benzene rings is 3. The summed E-state index contributed by atoms with van der Waals surface area (Å²) in [6.45, 7) is 3.83. The summed E-state index contributed by atoms with van der Waals surface area (Å²) in [5.74, 6) is -2.00. The molecule has 8 heteroatoms. The van der Waals surface area contributed by atoms with E-state index >= 15 is 0 Å². The molecule has 0 radical (unpaired) electrons. The van der Waals surface area contributed by atoms with Gasteiger partial charge in [-0.25, -0.2) is 18.0 Å². The van der Waals surface area contributed by atoms with Gasteiger partial charge in [-0.1, -0.05) is 77.9 Å². The minimum absolute atomic E-state index is 0.0404. The van der Waals surface area contributed by atoms with Crippen LogP contribution in [0, 0.1) is 13.8 Å². The van der Waals surface area contributed by atoms with Crippen LogP contribution in [-0.2, 0) is 19.6 Å². The van der Waals surface area contributed by atoms with Gasteiger partial charge in [0.25, 0.3) is 0 Å². The number of nitrogens with zero attached hydrogens (tertiary/aromatic N) is 1. The molecule has 4 rings (SSSR count). The minimum Gasteiger partial charge on any atom is -0.478 e. The summed E-state index contributed by atoms with van der Waals surface area (Å²) in [6, 6.07) is 18.6. The van der Waals surface area contributed by atoms with Crippen molar-refractivity contribution >= 4 is 22.0 Å². The van der Waals surface area contributed by atoms with Crippen LogP contribution in [0.15, 0.2) is 89.3 Å². The molecule has 2 atom stereocenters. The average Bonchev–Trinajstić information content (AvgIpc) is 2.88. The molecule has 7 nitrogen and oxygen atoms in total. The number of carbonyl (C=O) groups is 2. The Bertz CT molecular complexity index is 1430. The first kappa shape index (κ1) is 25.3. The predicted molar refractivity (Wildman–Crippen MR) is 135 cm³/mol. The Hall–Kier alpha value is -3.75. The molecule has 0 spiro atoms. The van der Waals surface area contributed by atoms with Crippen LogP contribution in [0.2, 0.25) is 0 Å². The summed E-state index contributed by atoms with van der Waals surface area (Å²) in [5, 5.41) is 10.1. The van der Waals surface area contributed by atoms with Crippen molar-refractivity contribution in [3.8, 4) is 0 Å². The van der Waals surface area contributed by atoms with E-state index in [4.69, 9.17) is 4.74 Å². The molecule has 0 fully saturated rings. The molecule has 1 heterocycles. The van der Waals surface area contributed by atoms with Gasteiger partial charge in [0.05, 0.1) is 35.2 Å². The second kappa shape index (κ2) is 10.1. The van der Waals surface area contributed by atoms with Gasteiger partial charge in [0.15, 0.2) is 0 Å². The highest BCUT2D eigenvalue weighted by molar-refractivity contribution is 7.89. The van der Waals surface area contributed by atoms with Gasteiger partial charge in [-0.2, -0.15) is 4.31 Å². The fourth-order valence-corrected chi connectivity index (χ4v) is 6.47. The predicted octanol–water partition coefficient (Wildman–Crippen LogP) is 4.98. The zero-order valence-corrected chi connectivity index (χ0v) is 21.0. The normalized spacial score (nSPS) is 18.4. The Morgan fingerprint density at radius 3 is 2.00 bits per heavy atom. The zero-order chi connectivity index (χ0) is 26.0. The van der Waals surface area contributed by atoms with Crippen molar-refractivity contribution in [2.24, 2.45) is 0 Å². The van der Waals surface area contributed by atoms with Crippen molar-refractivity contribution in [1.82, 2.24) is 4.31 Å². The molecule has 0 bridgehead atoms. The molecule has 3 aromatic rings. The number of hydrogen-bond acceptors (Lipinski definition) is 5. The van der Waals surface area contributed by atoms with E-state index in [1.54, 1.807) is 24.3 Å². The van der Waals surface area contributed by atoms with Crippen LogP contribution in [-0.4, -0.2) is 36.9 Å². The van der Waals surface area contributed by atoms with Gasteiger partial charge in [-0.15, -0.1) is 0 Å². The van der Waals surface area contributed by atoms with Crippen molar-refractivity contribution in [2.75, 3.05) is 7.11 Å². The van der Waals surface area contributed by atoms with Gasteiger partial charge >= 0.3 is 11.9 Å². The lowest BCUT2D eigenvalue weighted by atomic mass is 9.89. The van der Waals surface area contributed by atoms with E-state index in [9.17, 15) is 23.1 Å². The van der Waals surface area contributed by atoms with E-state index in [0.717, 1.165) is 16.7 Å². The molecular weight excluding hydrogens is 478 g/mol. The maximum Gasteiger partial charge on any atom is 0.339 e. The van der Waals surface area contributed by atoms with Crippen molar-refractivity contribution < 1.29 is 27.9 Å². The number of esters is 1. The molecule has 1 aliphatic rings. The van der Waals surface area contributed by atoms with Crippen LogP contribution in [0.5, 0.6) is 0 Å². The summed E-state index contributed by atoms with van der Waals surface area (Å²) < 4.78 is 34.9. The third kappa shape index (κ3) is 4.69. The summed E-state index contributed by atoms with van der Waals surface area (Å²) in [5.41, 5.74) is 3.05. The maximum atomic E-state index is 14.4. The molecule has 0 amide bonds. The lowest BCUT2D eigenvalue weighted by Gasteiger charge is -2.41. The van der Waals surface area contributed by atoms with Crippen LogP contribution in [0.3, 0.4) is 0 Å². The lowest BCUT2D eigenvalue weighted by Crippen LogP contribution is -2.42. The van der Waals surface area contributed by atoms with Crippen LogP contribution in [0.1, 0.15) is 51.1 Å². The number of methoxy groups -OCH3 is 1. The number of aliphatic carboxylic acids is 1. The zero-order valence-electron chi connectivity index (χ0n) is 20.2. The Labute approximate surface area is 210 Å². The highest BCUT2D eigenvalue weighted by Gasteiger charge is 2.45. The summed E-state index contributed by atoms with van der Waals surface area (Å²) >= 11 is 0. The van der Waals surface area contributed by atoms with E-state index in [1.165, 1.54) is 29.6 Å². The molecule has 1 aliphatic heterocycles. The van der Waals surface area contributed by atoms with E-state index in [0.29, 0.717) is 5.56 Å². The number of rotatable bonds is 6. The highest BCUT2D eigenvalue weighted by atomic mass is 32.2. The van der Waals surface area contributed by atoms with Crippen LogP contribution >= 0.6 is 0 Å². The molecule has 1 N–H and O–H groups in total. The number of ether oxygens (including phenoxy) is 1. The average molecular weight is 506 g/mol. The number of carboxylic acid groups (broad SMARTS) is 1. The molecule has 3 aromatic carbocycles. The Balaban J connectivity index is 2.01. The first-order valence-corrected chi connectivity index (χ1v) is 12.9. The molecule has 36 heavy (non-hydrogen) atoms. The van der Waals surface area contributed by atoms with Gasteiger partial charge in [0, 0.05) is 0 Å². The van der Waals surface area contributed by atoms with E-state index in [2.05, 4.69) is 0 Å². The number of hydrogen-bond donors (Lipinski definition) is 1. The third-order valence-corrected chi connectivity index (χ3v) is 8.30. The van der Waals surface area contributed by atoms with Crippen molar-refractivity contribution in [2.45, 2.75) is 37.2 Å². The molecular formula is C28H27NO6S. The number of aryl methyl sites for hydroxylation is 2. The molecule has 0 saturated heterocycles. The second-order valence-electron chi connectivity index (χ2n) is 8.76. The quantitative estimate of drug-likeness (QED) is 0.474. The first-order valence-electron chi connectivity index (χ1n) is 11.4. The van der Waals surface area contributed by atoms with Crippen LogP contribution in [0.4, 0.5) is 0 Å². The molecule has 0 aliphatic carbocycles. The Morgan fingerprint density at radius 2 is 1.44 bits per heavy atom. The van der Waals surface area contributed by atoms with Gasteiger partial charge in [0.1, 0.15) is 0 Å². The maximum absolute atomic E-state index is 14.4. The molecule has 0 saturated carbocycles. The number of carboxylic acids is 1. The molecule has 186 valence electrons. The first-order chi connectivity index (χ1) is 17.1. The SMILES string of the molecule is COC(=O)c1ccccc1S(=O)(=O)N1[C@@H](c2ccc(C)cc2)C(C(=O)O)=CC[C@H]1c1ccc(C)cc1. The number of sulfonamides is 1. The van der Waals surface area contributed by atoms with Crippen LogP contribution < -0.4 is 0 Å². The molecule has 0 unspecified atom stereocenters. The van der Waals surface area contributed by atoms with Gasteiger partial charge in [0.2, 0.25) is 10.0 Å². The van der Waals surface area contributed by atoms with E-state index in [1.807, 2.05) is 50.2 Å². The highest BCUT2D eigenvalue weighted by Crippen LogP contribution is 2.46. The molecule has 0 aromatic heterocycles. The summed E-state index contributed by atoms with van der Waals surface area (Å²) in [7, 11) is -3.22. The minimum atomic E-state index is -4.40. The number of carbonyl (C=O) groups excluding carboxylic acids is 1. The third-order valence-electron chi connectivity index (χ3n) is 6.37. The fourth-order valence-electron chi connectivity index (χ4n) is 4.51. The van der Waals surface area contributed by atoms with Crippen molar-refractivity contribution in [3.63, 3.8) is 0 Å². The summed E-state index contributed by atoms with van der Waals surface area (Å²) in [4.78, 5) is 24.6.